The number of amides is 1. The third kappa shape index (κ3) is 4.50. The van der Waals surface area contributed by atoms with Gasteiger partial charge in [-0.25, -0.2) is 0 Å². The summed E-state index contributed by atoms with van der Waals surface area (Å²) in [5, 5.41) is 3.67. The Kier molecular flexibility index (Phi) is 5.77. The summed E-state index contributed by atoms with van der Waals surface area (Å²) in [6, 6.07) is 8.95. The van der Waals surface area contributed by atoms with Crippen molar-refractivity contribution in [3.63, 3.8) is 0 Å². The molecule has 4 nitrogen and oxygen atoms in total. The highest BCUT2D eigenvalue weighted by Crippen LogP contribution is 2.25. The topological polar surface area (TPSA) is 41.6 Å². The van der Waals surface area contributed by atoms with E-state index in [2.05, 4.69) is 36.5 Å². The van der Waals surface area contributed by atoms with Crippen LogP contribution in [0.2, 0.25) is 0 Å². The van der Waals surface area contributed by atoms with Crippen molar-refractivity contribution in [2.45, 2.75) is 64.6 Å². The second kappa shape index (κ2) is 8.02. The maximum atomic E-state index is 11.5. The van der Waals surface area contributed by atoms with Gasteiger partial charge in [0.25, 0.3) is 0 Å². The van der Waals surface area contributed by atoms with Crippen molar-refractivity contribution in [2.75, 3.05) is 13.1 Å². The summed E-state index contributed by atoms with van der Waals surface area (Å²) in [5.74, 6) is 1.68. The molecule has 0 radical (unpaired) electrons. The monoisotopic (exact) mass is 330 g/mol. The number of benzene rings is 1. The quantitative estimate of drug-likeness (QED) is 0.900. The lowest BCUT2D eigenvalue weighted by Crippen LogP contribution is -2.49. The van der Waals surface area contributed by atoms with E-state index >= 15 is 0 Å². The fourth-order valence-electron chi connectivity index (χ4n) is 3.91. The number of ether oxygens (including phenoxy) is 1. The minimum Gasteiger partial charge on any atom is -0.490 e. The maximum Gasteiger partial charge on any atom is 0.219 e. The van der Waals surface area contributed by atoms with Crippen LogP contribution >= 0.6 is 0 Å². The Morgan fingerprint density at radius 1 is 1.29 bits per heavy atom. The normalized spacial score (nSPS) is 25.0. The molecule has 2 aliphatic rings. The zero-order valence-electron chi connectivity index (χ0n) is 15.0. The number of rotatable bonds is 5. The SMILES string of the molecule is CC(=O)N1CC[C@@H](NCc2cccc(OC3CCCC3)c2)[C@@H](C)C1. The number of nitrogens with one attached hydrogen (secondary N) is 1. The summed E-state index contributed by atoms with van der Waals surface area (Å²) in [7, 11) is 0. The first-order valence-electron chi connectivity index (χ1n) is 9.36. The Morgan fingerprint density at radius 2 is 2.08 bits per heavy atom. The third-order valence-corrected chi connectivity index (χ3v) is 5.42. The first kappa shape index (κ1) is 17.3. The van der Waals surface area contributed by atoms with Gasteiger partial charge >= 0.3 is 0 Å². The minimum atomic E-state index is 0.192. The summed E-state index contributed by atoms with van der Waals surface area (Å²) in [4.78, 5) is 13.5. The molecule has 0 unspecified atom stereocenters. The average Bonchev–Trinajstić information content (AvgIpc) is 3.07. The Morgan fingerprint density at radius 3 is 2.79 bits per heavy atom. The molecule has 1 aromatic rings. The third-order valence-electron chi connectivity index (χ3n) is 5.42. The van der Waals surface area contributed by atoms with E-state index in [1.165, 1.54) is 31.2 Å². The van der Waals surface area contributed by atoms with Gasteiger partial charge in [-0.15, -0.1) is 0 Å². The number of piperidine rings is 1. The van der Waals surface area contributed by atoms with Crippen LogP contribution in [0.3, 0.4) is 0 Å². The lowest BCUT2D eigenvalue weighted by Gasteiger charge is -2.37. The van der Waals surface area contributed by atoms with Gasteiger partial charge in [0.2, 0.25) is 5.91 Å². The zero-order valence-corrected chi connectivity index (χ0v) is 15.0. The average molecular weight is 330 g/mol. The van der Waals surface area contributed by atoms with Crippen molar-refractivity contribution in [2.24, 2.45) is 5.92 Å². The lowest BCUT2D eigenvalue weighted by molar-refractivity contribution is -0.130. The molecule has 2 atom stereocenters. The van der Waals surface area contributed by atoms with Crippen molar-refractivity contribution in [3.05, 3.63) is 29.8 Å². The largest absolute Gasteiger partial charge is 0.490 e. The molecule has 0 aromatic heterocycles. The van der Waals surface area contributed by atoms with Gasteiger partial charge in [0, 0.05) is 32.6 Å². The molecule has 1 N–H and O–H groups in total. The van der Waals surface area contributed by atoms with Crippen LogP contribution in [-0.2, 0) is 11.3 Å². The minimum absolute atomic E-state index is 0.192. The maximum absolute atomic E-state index is 11.5. The van der Waals surface area contributed by atoms with Gasteiger partial charge in [0.05, 0.1) is 6.10 Å². The molecule has 0 bridgehead atoms. The van der Waals surface area contributed by atoms with Crippen molar-refractivity contribution < 1.29 is 9.53 Å². The van der Waals surface area contributed by atoms with Crippen LogP contribution in [0.15, 0.2) is 24.3 Å². The van der Waals surface area contributed by atoms with Gasteiger partial charge in [-0.3, -0.25) is 4.79 Å². The zero-order chi connectivity index (χ0) is 16.9. The van der Waals surface area contributed by atoms with E-state index in [9.17, 15) is 4.79 Å². The molecule has 1 amide bonds. The van der Waals surface area contributed by atoms with Crippen molar-refractivity contribution in [1.29, 1.82) is 0 Å². The number of nitrogens with zero attached hydrogens (tertiary/aromatic N) is 1. The van der Waals surface area contributed by atoms with E-state index in [-0.39, 0.29) is 5.91 Å². The molecule has 2 fully saturated rings. The summed E-state index contributed by atoms with van der Waals surface area (Å²) >= 11 is 0. The molecular formula is C20H30N2O2. The van der Waals surface area contributed by atoms with Gasteiger partial charge in [0.1, 0.15) is 5.75 Å². The number of carbonyl (C=O) groups excluding carboxylic acids is 1. The summed E-state index contributed by atoms with van der Waals surface area (Å²) < 4.78 is 6.10. The number of hydrogen-bond donors (Lipinski definition) is 1. The van der Waals surface area contributed by atoms with Crippen LogP contribution in [0.5, 0.6) is 5.75 Å². The van der Waals surface area contributed by atoms with Crippen LogP contribution in [0.1, 0.15) is 51.5 Å². The van der Waals surface area contributed by atoms with Gasteiger partial charge < -0.3 is 15.0 Å². The summed E-state index contributed by atoms with van der Waals surface area (Å²) in [6.45, 7) is 6.47. The van der Waals surface area contributed by atoms with Gasteiger partial charge in [0.15, 0.2) is 0 Å². The second-order valence-corrected chi connectivity index (χ2v) is 7.39. The predicted molar refractivity (Wildman–Crippen MR) is 96.0 cm³/mol. The molecule has 1 aliphatic heterocycles. The standard InChI is InChI=1S/C20H30N2O2/c1-15-14-22(16(2)23)11-10-20(15)21-13-17-6-5-9-19(12-17)24-18-7-3-4-8-18/h5-6,9,12,15,18,20-21H,3-4,7-8,10-11,13-14H2,1-2H3/t15-,20+/m0/s1. The van der Waals surface area contributed by atoms with Gasteiger partial charge in [-0.05, 0) is 55.7 Å². The molecule has 4 heteroatoms. The first-order valence-corrected chi connectivity index (χ1v) is 9.36. The number of likely N-dealkylation sites (tertiary alicyclic amines) is 1. The lowest BCUT2D eigenvalue weighted by atomic mass is 9.93. The Labute approximate surface area is 145 Å². The van der Waals surface area contributed by atoms with Crippen LogP contribution in [-0.4, -0.2) is 36.0 Å². The van der Waals surface area contributed by atoms with E-state index < -0.39 is 0 Å². The summed E-state index contributed by atoms with van der Waals surface area (Å²) in [5.41, 5.74) is 1.27. The number of carbonyl (C=O) groups is 1. The van der Waals surface area contributed by atoms with Crippen molar-refractivity contribution >= 4 is 5.91 Å². The molecule has 24 heavy (non-hydrogen) atoms. The molecule has 1 aliphatic carbocycles. The van der Waals surface area contributed by atoms with Crippen LogP contribution in [0, 0.1) is 5.92 Å². The van der Waals surface area contributed by atoms with E-state index in [0.29, 0.717) is 18.1 Å². The van der Waals surface area contributed by atoms with Crippen LogP contribution in [0.4, 0.5) is 0 Å². The molecule has 1 heterocycles. The highest BCUT2D eigenvalue weighted by atomic mass is 16.5. The van der Waals surface area contributed by atoms with Gasteiger partial charge in [-0.2, -0.15) is 0 Å². The van der Waals surface area contributed by atoms with E-state index in [4.69, 9.17) is 4.74 Å². The highest BCUT2D eigenvalue weighted by Gasteiger charge is 2.26. The van der Waals surface area contributed by atoms with E-state index in [0.717, 1.165) is 31.8 Å². The molecule has 1 saturated heterocycles. The fourth-order valence-corrected chi connectivity index (χ4v) is 3.91. The molecular weight excluding hydrogens is 300 g/mol. The van der Waals surface area contributed by atoms with Crippen molar-refractivity contribution in [3.8, 4) is 5.75 Å². The molecule has 1 aromatic carbocycles. The molecule has 132 valence electrons. The first-order chi connectivity index (χ1) is 11.6. The number of hydrogen-bond acceptors (Lipinski definition) is 3. The second-order valence-electron chi connectivity index (χ2n) is 7.39. The van der Waals surface area contributed by atoms with E-state index in [1.54, 1.807) is 6.92 Å². The van der Waals surface area contributed by atoms with E-state index in [1.807, 2.05) is 4.90 Å². The Bertz CT molecular complexity index is 554. The predicted octanol–water partition coefficient (Wildman–Crippen LogP) is 3.35. The Hall–Kier alpha value is -1.55. The van der Waals surface area contributed by atoms with Crippen LogP contribution < -0.4 is 10.1 Å². The summed E-state index contributed by atoms with van der Waals surface area (Å²) in [6.07, 6.45) is 6.40. The Balaban J connectivity index is 1.50. The molecule has 1 saturated carbocycles. The van der Waals surface area contributed by atoms with Crippen LogP contribution in [0.25, 0.3) is 0 Å². The van der Waals surface area contributed by atoms with Gasteiger partial charge in [-0.1, -0.05) is 19.1 Å². The molecule has 0 spiro atoms. The van der Waals surface area contributed by atoms with Crippen molar-refractivity contribution in [1.82, 2.24) is 10.2 Å². The fraction of sp³-hybridized carbons (Fsp3) is 0.650. The smallest absolute Gasteiger partial charge is 0.219 e. The highest BCUT2D eigenvalue weighted by molar-refractivity contribution is 5.73. The molecule has 3 rings (SSSR count).